The minimum Gasteiger partial charge on any atom is -0.452 e. The van der Waals surface area contributed by atoms with Gasteiger partial charge in [-0.25, -0.2) is 9.79 Å². The summed E-state index contributed by atoms with van der Waals surface area (Å²) in [5.74, 6) is 1.08. The van der Waals surface area contributed by atoms with Gasteiger partial charge in [-0.15, -0.1) is 6.58 Å². The van der Waals surface area contributed by atoms with Gasteiger partial charge < -0.3 is 13.9 Å². The van der Waals surface area contributed by atoms with E-state index < -0.39 is 11.7 Å². The topological polar surface area (TPSA) is 64.3 Å². The maximum Gasteiger partial charge on any atom is 0.415 e. The smallest absolute Gasteiger partial charge is 0.415 e. The van der Waals surface area contributed by atoms with Gasteiger partial charge in [-0.05, 0) is 57.6 Å². The molecule has 1 atom stereocenters. The minimum atomic E-state index is -0.642. The number of allylic oxidation sites excluding steroid dienone is 4. The van der Waals surface area contributed by atoms with Crippen molar-refractivity contribution in [2.45, 2.75) is 59.0 Å². The van der Waals surface area contributed by atoms with E-state index in [1.54, 1.807) is 11.0 Å². The fraction of sp³-hybridized carbons (Fsp3) is 0.448. The number of carbonyl (C=O) groups is 1. The molecule has 0 aromatic carbocycles. The number of hydrogen-bond donors (Lipinski definition) is 0. The maximum absolute atomic E-state index is 13.1. The van der Waals surface area contributed by atoms with Crippen LogP contribution in [0.1, 0.15) is 64.9 Å². The molecule has 0 saturated heterocycles. The normalized spacial score (nSPS) is 21.1. The molecule has 2 aliphatic heterocycles. The van der Waals surface area contributed by atoms with Gasteiger partial charge in [0.15, 0.2) is 11.5 Å². The first-order valence-corrected chi connectivity index (χ1v) is 12.7. The van der Waals surface area contributed by atoms with Crippen molar-refractivity contribution in [1.29, 1.82) is 0 Å². The molecule has 3 rings (SSSR count). The number of halogens is 1. The quantitative estimate of drug-likeness (QED) is 0.285. The van der Waals surface area contributed by atoms with Crippen LogP contribution in [0.2, 0.25) is 0 Å². The predicted octanol–water partition coefficient (Wildman–Crippen LogP) is 8.05. The summed E-state index contributed by atoms with van der Waals surface area (Å²) in [6, 6.07) is 1.81. The summed E-state index contributed by atoms with van der Waals surface area (Å²) in [6.45, 7) is 21.5. The third-order valence-corrected chi connectivity index (χ3v) is 6.13. The number of amides is 1. The van der Waals surface area contributed by atoms with E-state index in [1.165, 1.54) is 0 Å². The number of ether oxygens (including phenoxy) is 2. The summed E-state index contributed by atoms with van der Waals surface area (Å²) in [5.41, 5.74) is 3.29. The van der Waals surface area contributed by atoms with E-state index in [0.717, 1.165) is 36.0 Å². The summed E-state index contributed by atoms with van der Waals surface area (Å²) in [6.07, 6.45) is 8.28. The Morgan fingerprint density at radius 2 is 2.11 bits per heavy atom. The number of furan rings is 1. The van der Waals surface area contributed by atoms with E-state index in [-0.39, 0.29) is 5.92 Å². The Bertz CT molecular complexity index is 1120. The fourth-order valence-electron chi connectivity index (χ4n) is 3.98. The van der Waals surface area contributed by atoms with Crippen molar-refractivity contribution < 1.29 is 18.7 Å². The summed E-state index contributed by atoms with van der Waals surface area (Å²) in [5, 5.41) is 0.384. The highest BCUT2D eigenvalue weighted by molar-refractivity contribution is 6.65. The zero-order valence-corrected chi connectivity index (χ0v) is 22.6. The Hall–Kier alpha value is -2.83. The van der Waals surface area contributed by atoms with Gasteiger partial charge in [0.2, 0.25) is 0 Å². The molecular weight excluding hydrogens is 476 g/mol. The van der Waals surface area contributed by atoms with Crippen LogP contribution in [0.15, 0.2) is 64.6 Å². The SMILES string of the molecule is C=CC/C(Cl)=N\c1cc(C2=CC(C)C(=C)CN2C(=O)OC(C)(C)C)oc1C(=C)/C1=C\CCOCCC1. The number of carbonyl (C=O) groups excluding carboxylic acids is 1. The molecule has 2 aliphatic rings. The predicted molar refractivity (Wildman–Crippen MR) is 147 cm³/mol. The molecule has 0 spiro atoms. The molecule has 0 bridgehead atoms. The highest BCUT2D eigenvalue weighted by atomic mass is 35.5. The van der Waals surface area contributed by atoms with Crippen LogP contribution in [-0.2, 0) is 9.47 Å². The standard InChI is InChI=1S/C29H37ClN2O4/c1-8-11-26(30)31-23-17-25(35-27(23)21(4)22-12-9-14-34-15-10-13-22)24-16-19(2)20(3)18-32(24)28(33)36-29(5,6)7/h8,12,16-17,19H,1,3-4,9-11,13-15,18H2,2,5-7H3/b22-12-,31-26+. The molecule has 3 heterocycles. The van der Waals surface area contributed by atoms with Crippen molar-refractivity contribution in [3.05, 3.63) is 66.7 Å². The molecule has 36 heavy (non-hydrogen) atoms. The Labute approximate surface area is 219 Å². The van der Waals surface area contributed by atoms with Crippen molar-refractivity contribution in [2.24, 2.45) is 10.9 Å². The highest BCUT2D eigenvalue weighted by Crippen LogP contribution is 2.40. The third-order valence-electron chi connectivity index (χ3n) is 5.89. The van der Waals surface area contributed by atoms with E-state index in [0.29, 0.717) is 54.3 Å². The molecule has 1 aromatic rings. The van der Waals surface area contributed by atoms with E-state index in [2.05, 4.69) is 30.8 Å². The van der Waals surface area contributed by atoms with Gasteiger partial charge in [0.25, 0.3) is 0 Å². The van der Waals surface area contributed by atoms with Crippen molar-refractivity contribution in [2.75, 3.05) is 19.8 Å². The molecule has 7 heteroatoms. The lowest BCUT2D eigenvalue weighted by Gasteiger charge is -2.33. The first-order chi connectivity index (χ1) is 17.0. The number of aliphatic imine (C=N–C) groups is 1. The van der Waals surface area contributed by atoms with E-state index in [9.17, 15) is 4.79 Å². The van der Waals surface area contributed by atoms with E-state index in [4.69, 9.17) is 25.5 Å². The van der Waals surface area contributed by atoms with Gasteiger partial charge in [0.05, 0.1) is 18.8 Å². The van der Waals surface area contributed by atoms with E-state index >= 15 is 0 Å². The largest absolute Gasteiger partial charge is 0.452 e. The number of nitrogens with zero attached hydrogens (tertiary/aromatic N) is 2. The molecule has 0 N–H and O–H groups in total. The van der Waals surface area contributed by atoms with Crippen molar-refractivity contribution in [1.82, 2.24) is 4.90 Å². The maximum atomic E-state index is 13.1. The zero-order chi connectivity index (χ0) is 26.5. The number of rotatable bonds is 6. The second kappa shape index (κ2) is 11.9. The van der Waals surface area contributed by atoms with Crippen molar-refractivity contribution >= 4 is 39.8 Å². The molecule has 194 valence electrons. The second-order valence-electron chi connectivity index (χ2n) is 10.1. The van der Waals surface area contributed by atoms with Crippen LogP contribution in [0.5, 0.6) is 0 Å². The van der Waals surface area contributed by atoms with Crippen LogP contribution >= 0.6 is 11.6 Å². The molecule has 0 fully saturated rings. The Morgan fingerprint density at radius 3 is 2.81 bits per heavy atom. The average molecular weight is 513 g/mol. The van der Waals surface area contributed by atoms with Crippen molar-refractivity contribution in [3.63, 3.8) is 0 Å². The van der Waals surface area contributed by atoms with Crippen LogP contribution in [0.3, 0.4) is 0 Å². The first kappa shape index (κ1) is 27.8. The first-order valence-electron chi connectivity index (χ1n) is 12.3. The monoisotopic (exact) mass is 512 g/mol. The van der Waals surface area contributed by atoms with Gasteiger partial charge in [-0.3, -0.25) is 4.90 Å². The molecule has 0 radical (unpaired) electrons. The summed E-state index contributed by atoms with van der Waals surface area (Å²) >= 11 is 6.38. The summed E-state index contributed by atoms with van der Waals surface area (Å²) in [4.78, 5) is 19.3. The van der Waals surface area contributed by atoms with Crippen molar-refractivity contribution in [3.8, 4) is 0 Å². The van der Waals surface area contributed by atoms with Gasteiger partial charge in [-0.1, -0.05) is 49.4 Å². The van der Waals surface area contributed by atoms with Gasteiger partial charge in [-0.2, -0.15) is 0 Å². The molecule has 1 amide bonds. The third kappa shape index (κ3) is 7.11. The summed E-state index contributed by atoms with van der Waals surface area (Å²) < 4.78 is 17.7. The van der Waals surface area contributed by atoms with Gasteiger partial charge >= 0.3 is 6.09 Å². The van der Waals surface area contributed by atoms with E-state index in [1.807, 2.05) is 39.8 Å². The molecule has 0 aliphatic carbocycles. The lowest BCUT2D eigenvalue weighted by Crippen LogP contribution is -2.39. The van der Waals surface area contributed by atoms with Crippen LogP contribution in [-0.4, -0.2) is 41.5 Å². The molecule has 1 aromatic heterocycles. The highest BCUT2D eigenvalue weighted by Gasteiger charge is 2.32. The Balaban J connectivity index is 2.08. The average Bonchev–Trinajstić information content (AvgIpc) is 3.17. The van der Waals surface area contributed by atoms with Crippen LogP contribution in [0, 0.1) is 5.92 Å². The zero-order valence-electron chi connectivity index (χ0n) is 21.9. The van der Waals surface area contributed by atoms with Gasteiger partial charge in [0.1, 0.15) is 16.5 Å². The van der Waals surface area contributed by atoms with Crippen LogP contribution in [0.25, 0.3) is 11.3 Å². The molecule has 6 nitrogen and oxygen atoms in total. The lowest BCUT2D eigenvalue weighted by atomic mass is 9.96. The second-order valence-corrected chi connectivity index (χ2v) is 10.5. The van der Waals surface area contributed by atoms with Crippen LogP contribution in [0.4, 0.5) is 10.5 Å². The number of hydrogen-bond acceptors (Lipinski definition) is 5. The Morgan fingerprint density at radius 1 is 1.36 bits per heavy atom. The molecule has 0 saturated carbocycles. The van der Waals surface area contributed by atoms with Crippen LogP contribution < -0.4 is 0 Å². The summed E-state index contributed by atoms with van der Waals surface area (Å²) in [7, 11) is 0. The molecular formula is C29H37ClN2O4. The minimum absolute atomic E-state index is 0.0556. The molecule has 1 unspecified atom stereocenters. The lowest BCUT2D eigenvalue weighted by molar-refractivity contribution is 0.0356. The fourth-order valence-corrected chi connectivity index (χ4v) is 4.18. The van der Waals surface area contributed by atoms with Gasteiger partial charge in [0, 0.05) is 24.7 Å². The Kier molecular flexibility index (Phi) is 9.20.